The van der Waals surface area contributed by atoms with E-state index in [1.165, 1.54) is 19.7 Å². The molecule has 0 radical (unpaired) electrons. The Hall–Kier alpha value is -1.18. The van der Waals surface area contributed by atoms with E-state index < -0.39 is 10.0 Å². The van der Waals surface area contributed by atoms with Gasteiger partial charge in [0.1, 0.15) is 10.7 Å². The molecule has 0 bridgehead atoms. The van der Waals surface area contributed by atoms with E-state index in [-0.39, 0.29) is 11.0 Å². The SMILES string of the molecule is CNS(=O)(=O)c1ccc(N(C)CC2CCCCO2)nc1. The van der Waals surface area contributed by atoms with Gasteiger partial charge in [-0.2, -0.15) is 0 Å². The molecule has 1 N–H and O–H groups in total. The fourth-order valence-corrected chi connectivity index (χ4v) is 2.90. The van der Waals surface area contributed by atoms with Crippen molar-refractivity contribution in [2.75, 3.05) is 32.1 Å². The molecule has 1 aromatic rings. The van der Waals surface area contributed by atoms with Gasteiger partial charge in [0.15, 0.2) is 0 Å². The zero-order chi connectivity index (χ0) is 14.6. The molecule has 0 amide bonds. The monoisotopic (exact) mass is 299 g/mol. The third kappa shape index (κ3) is 3.68. The summed E-state index contributed by atoms with van der Waals surface area (Å²) in [6.45, 7) is 1.59. The molecule has 1 aromatic heterocycles. The molecule has 2 rings (SSSR count). The van der Waals surface area contributed by atoms with Crippen LogP contribution >= 0.6 is 0 Å². The molecule has 112 valence electrons. The zero-order valence-corrected chi connectivity index (χ0v) is 12.7. The van der Waals surface area contributed by atoms with Crippen LogP contribution in [0.25, 0.3) is 0 Å². The minimum Gasteiger partial charge on any atom is -0.376 e. The predicted molar refractivity (Wildman–Crippen MR) is 77.3 cm³/mol. The van der Waals surface area contributed by atoms with Gasteiger partial charge in [0.2, 0.25) is 10.0 Å². The van der Waals surface area contributed by atoms with Crippen molar-refractivity contribution in [1.29, 1.82) is 0 Å². The molecule has 1 aliphatic rings. The van der Waals surface area contributed by atoms with E-state index in [0.717, 1.165) is 31.8 Å². The van der Waals surface area contributed by atoms with Crippen molar-refractivity contribution < 1.29 is 13.2 Å². The van der Waals surface area contributed by atoms with Gasteiger partial charge in [-0.25, -0.2) is 18.1 Å². The summed E-state index contributed by atoms with van der Waals surface area (Å²) in [6, 6.07) is 3.28. The van der Waals surface area contributed by atoms with Crippen molar-refractivity contribution in [3.63, 3.8) is 0 Å². The zero-order valence-electron chi connectivity index (χ0n) is 11.9. The summed E-state index contributed by atoms with van der Waals surface area (Å²) in [5.41, 5.74) is 0. The molecule has 20 heavy (non-hydrogen) atoms. The molecule has 0 aromatic carbocycles. The first-order valence-corrected chi connectivity index (χ1v) is 8.23. The summed E-state index contributed by atoms with van der Waals surface area (Å²) in [7, 11) is -0.102. The van der Waals surface area contributed by atoms with Gasteiger partial charge >= 0.3 is 0 Å². The van der Waals surface area contributed by atoms with Crippen LogP contribution in [0.1, 0.15) is 19.3 Å². The fourth-order valence-electron chi connectivity index (χ4n) is 2.23. The number of ether oxygens (including phenoxy) is 1. The highest BCUT2D eigenvalue weighted by Gasteiger charge is 2.17. The van der Waals surface area contributed by atoms with Gasteiger partial charge in [0.05, 0.1) is 6.10 Å². The number of pyridine rings is 1. The molecular formula is C13H21N3O3S. The van der Waals surface area contributed by atoms with Crippen molar-refractivity contribution in [1.82, 2.24) is 9.71 Å². The van der Waals surface area contributed by atoms with Gasteiger partial charge in [0.25, 0.3) is 0 Å². The maximum Gasteiger partial charge on any atom is 0.241 e. The summed E-state index contributed by atoms with van der Waals surface area (Å²) in [5, 5.41) is 0. The summed E-state index contributed by atoms with van der Waals surface area (Å²) in [5.74, 6) is 0.745. The number of nitrogens with one attached hydrogen (secondary N) is 1. The standard InChI is InChI=1S/C13H21N3O3S/c1-14-20(17,18)12-6-7-13(15-9-12)16(2)10-11-5-3-4-8-19-11/h6-7,9,11,14H,3-5,8,10H2,1-2H3. The van der Waals surface area contributed by atoms with Gasteiger partial charge in [-0.3, -0.25) is 0 Å². The maximum atomic E-state index is 11.6. The lowest BCUT2D eigenvalue weighted by Crippen LogP contribution is -2.33. The van der Waals surface area contributed by atoms with Crippen LogP contribution in [0.2, 0.25) is 0 Å². The van der Waals surface area contributed by atoms with Crippen molar-refractivity contribution in [2.24, 2.45) is 0 Å². The van der Waals surface area contributed by atoms with Crippen molar-refractivity contribution >= 4 is 15.8 Å². The highest BCUT2D eigenvalue weighted by molar-refractivity contribution is 7.89. The van der Waals surface area contributed by atoms with Crippen LogP contribution in [0.3, 0.4) is 0 Å². The Bertz CT molecular complexity index is 524. The molecule has 7 heteroatoms. The lowest BCUT2D eigenvalue weighted by atomic mass is 10.1. The smallest absolute Gasteiger partial charge is 0.241 e. The van der Waals surface area contributed by atoms with Crippen LogP contribution in [0.4, 0.5) is 5.82 Å². The molecular weight excluding hydrogens is 278 g/mol. The first-order valence-electron chi connectivity index (χ1n) is 6.75. The van der Waals surface area contributed by atoms with Crippen LogP contribution in [0.15, 0.2) is 23.2 Å². The van der Waals surface area contributed by atoms with Crippen molar-refractivity contribution in [3.05, 3.63) is 18.3 Å². The van der Waals surface area contributed by atoms with E-state index in [0.29, 0.717) is 0 Å². The van der Waals surface area contributed by atoms with E-state index in [1.807, 2.05) is 11.9 Å². The van der Waals surface area contributed by atoms with E-state index in [9.17, 15) is 8.42 Å². The summed E-state index contributed by atoms with van der Waals surface area (Å²) in [4.78, 5) is 6.37. The molecule has 0 aliphatic carbocycles. The Balaban J connectivity index is 2.02. The lowest BCUT2D eigenvalue weighted by molar-refractivity contribution is 0.0215. The minimum absolute atomic E-state index is 0.172. The number of hydrogen-bond donors (Lipinski definition) is 1. The molecule has 1 unspecified atom stereocenters. The highest BCUT2D eigenvalue weighted by atomic mass is 32.2. The maximum absolute atomic E-state index is 11.6. The largest absolute Gasteiger partial charge is 0.376 e. The van der Waals surface area contributed by atoms with Gasteiger partial charge in [-0.05, 0) is 38.4 Å². The number of hydrogen-bond acceptors (Lipinski definition) is 5. The van der Waals surface area contributed by atoms with Crippen molar-refractivity contribution in [3.8, 4) is 0 Å². The molecule has 1 aliphatic heterocycles. The van der Waals surface area contributed by atoms with Gasteiger partial charge < -0.3 is 9.64 Å². The van der Waals surface area contributed by atoms with Crippen LogP contribution in [-0.2, 0) is 14.8 Å². The van der Waals surface area contributed by atoms with E-state index in [4.69, 9.17) is 4.74 Å². The van der Waals surface area contributed by atoms with Gasteiger partial charge in [-0.1, -0.05) is 0 Å². The van der Waals surface area contributed by atoms with E-state index >= 15 is 0 Å². The van der Waals surface area contributed by atoms with Gasteiger partial charge in [0, 0.05) is 26.4 Å². The normalized spacial score (nSPS) is 19.8. The first-order chi connectivity index (χ1) is 9.53. The Morgan fingerprint density at radius 3 is 2.80 bits per heavy atom. The van der Waals surface area contributed by atoms with Gasteiger partial charge in [-0.15, -0.1) is 0 Å². The first kappa shape index (κ1) is 15.2. The number of aromatic nitrogens is 1. The number of nitrogens with zero attached hydrogens (tertiary/aromatic N) is 2. The molecule has 2 heterocycles. The Kier molecular flexibility index (Phi) is 4.95. The highest BCUT2D eigenvalue weighted by Crippen LogP contribution is 2.17. The molecule has 0 spiro atoms. The molecule has 6 nitrogen and oxygen atoms in total. The summed E-state index contributed by atoms with van der Waals surface area (Å²) >= 11 is 0. The van der Waals surface area contributed by atoms with Crippen LogP contribution < -0.4 is 9.62 Å². The van der Waals surface area contributed by atoms with Crippen LogP contribution in [0, 0.1) is 0 Å². The number of anilines is 1. The predicted octanol–water partition coefficient (Wildman–Crippen LogP) is 0.995. The van der Waals surface area contributed by atoms with Crippen LogP contribution in [0.5, 0.6) is 0 Å². The number of sulfonamides is 1. The Morgan fingerprint density at radius 2 is 2.25 bits per heavy atom. The average Bonchev–Trinajstić information content (AvgIpc) is 2.48. The summed E-state index contributed by atoms with van der Waals surface area (Å²) in [6.07, 6.45) is 5.01. The Labute approximate surface area is 120 Å². The van der Waals surface area contributed by atoms with Crippen molar-refractivity contribution in [2.45, 2.75) is 30.3 Å². The topological polar surface area (TPSA) is 71.5 Å². The fraction of sp³-hybridized carbons (Fsp3) is 0.615. The number of rotatable bonds is 5. The average molecular weight is 299 g/mol. The second-order valence-corrected chi connectivity index (χ2v) is 6.82. The molecule has 1 atom stereocenters. The molecule has 0 saturated carbocycles. The third-order valence-corrected chi connectivity index (χ3v) is 4.84. The second-order valence-electron chi connectivity index (χ2n) is 4.93. The van der Waals surface area contributed by atoms with Crippen LogP contribution in [-0.4, -0.2) is 46.8 Å². The van der Waals surface area contributed by atoms with E-state index in [2.05, 4.69) is 9.71 Å². The number of likely N-dealkylation sites (N-methyl/N-ethyl adjacent to an activating group) is 1. The third-order valence-electron chi connectivity index (χ3n) is 3.44. The second kappa shape index (κ2) is 6.51. The minimum atomic E-state index is -3.42. The Morgan fingerprint density at radius 1 is 1.45 bits per heavy atom. The molecule has 1 fully saturated rings. The quantitative estimate of drug-likeness (QED) is 0.878. The molecule has 1 saturated heterocycles. The summed E-state index contributed by atoms with van der Waals surface area (Å²) < 4.78 is 31.2. The lowest BCUT2D eigenvalue weighted by Gasteiger charge is -2.28. The van der Waals surface area contributed by atoms with E-state index in [1.54, 1.807) is 12.1 Å².